The number of hydrogen-bond acceptors (Lipinski definition) is 6. The van der Waals surface area contributed by atoms with Gasteiger partial charge in [-0.3, -0.25) is 24.0 Å². The number of rotatable bonds is 17. The van der Waals surface area contributed by atoms with Gasteiger partial charge in [-0.1, -0.05) is 60.6 Å². The highest BCUT2D eigenvalue weighted by Crippen LogP contribution is 2.23. The third-order valence-electron chi connectivity index (χ3n) is 7.94. The molecule has 0 saturated heterocycles. The number of carbonyl (C=O) groups is 5. The molecule has 0 aliphatic rings. The molecule has 0 saturated carbocycles. The van der Waals surface area contributed by atoms with Crippen molar-refractivity contribution in [3.63, 3.8) is 0 Å². The quantitative estimate of drug-likeness (QED) is 0.244. The fourth-order valence-corrected chi connectivity index (χ4v) is 5.18. The Kier molecular flexibility index (Phi) is 17.4. The second-order valence-corrected chi connectivity index (χ2v) is 12.5. The predicted molar refractivity (Wildman–Crippen MR) is 170 cm³/mol. The van der Waals surface area contributed by atoms with Crippen LogP contribution in [-0.2, 0) is 24.0 Å². The molecule has 0 aromatic carbocycles. The molecule has 5 amide bonds. The highest BCUT2D eigenvalue weighted by atomic mass is 16.3. The molecule has 0 aliphatic heterocycles. The van der Waals surface area contributed by atoms with Crippen LogP contribution in [0, 0.1) is 17.8 Å². The lowest BCUT2D eigenvalue weighted by Gasteiger charge is -2.40. The number of amides is 5. The Bertz CT molecular complexity index is 966. The van der Waals surface area contributed by atoms with Crippen molar-refractivity contribution in [2.24, 2.45) is 17.8 Å². The van der Waals surface area contributed by atoms with Gasteiger partial charge < -0.3 is 30.0 Å². The Hall–Kier alpha value is -2.95. The van der Waals surface area contributed by atoms with Crippen LogP contribution in [0.15, 0.2) is 12.2 Å². The van der Waals surface area contributed by atoms with E-state index in [1.807, 2.05) is 46.8 Å². The number of allylic oxidation sites excluding steroid dienone is 2. The van der Waals surface area contributed by atoms with Crippen LogP contribution >= 0.6 is 0 Å². The van der Waals surface area contributed by atoms with E-state index in [-0.39, 0.29) is 36.0 Å². The molecule has 0 rings (SSSR count). The molecular formula is C32H59N5O6. The van der Waals surface area contributed by atoms with Gasteiger partial charge >= 0.3 is 0 Å². The van der Waals surface area contributed by atoms with Crippen LogP contribution in [0.2, 0.25) is 0 Å². The topological polar surface area (TPSA) is 131 Å². The van der Waals surface area contributed by atoms with E-state index in [0.29, 0.717) is 19.3 Å². The zero-order valence-electron chi connectivity index (χ0n) is 28.9. The van der Waals surface area contributed by atoms with Gasteiger partial charge in [-0.05, 0) is 43.9 Å². The number of aliphatic hydroxyl groups excluding tert-OH is 1. The van der Waals surface area contributed by atoms with Crippen LogP contribution in [0.4, 0.5) is 0 Å². The smallest absolute Gasteiger partial charge is 0.246 e. The molecule has 0 bridgehead atoms. The lowest BCUT2D eigenvalue weighted by molar-refractivity contribution is -0.156. The molecule has 0 aromatic rings. The molecule has 2 N–H and O–H groups in total. The van der Waals surface area contributed by atoms with Crippen molar-refractivity contribution in [1.29, 1.82) is 0 Å². The minimum atomic E-state index is -1.32. The van der Waals surface area contributed by atoms with Gasteiger partial charge in [0.1, 0.15) is 24.2 Å². The van der Waals surface area contributed by atoms with Crippen molar-refractivity contribution in [3.8, 4) is 0 Å². The summed E-state index contributed by atoms with van der Waals surface area (Å²) in [4.78, 5) is 72.5. The number of aliphatic hydroxyl groups is 1. The molecule has 0 fully saturated rings. The van der Waals surface area contributed by atoms with Gasteiger partial charge in [0.25, 0.3) is 0 Å². The molecular weight excluding hydrogens is 550 g/mol. The Morgan fingerprint density at radius 1 is 0.791 bits per heavy atom. The van der Waals surface area contributed by atoms with Crippen LogP contribution in [0.1, 0.15) is 81.1 Å². The molecule has 0 spiro atoms. The van der Waals surface area contributed by atoms with Gasteiger partial charge in [0.2, 0.25) is 29.5 Å². The molecule has 0 aliphatic carbocycles. The van der Waals surface area contributed by atoms with Crippen LogP contribution < -0.4 is 5.32 Å². The first-order valence-corrected chi connectivity index (χ1v) is 15.5. The third-order valence-corrected chi connectivity index (χ3v) is 7.94. The van der Waals surface area contributed by atoms with Crippen molar-refractivity contribution in [3.05, 3.63) is 12.2 Å². The summed E-state index contributed by atoms with van der Waals surface area (Å²) in [6, 6.07) is -3.89. The summed E-state index contributed by atoms with van der Waals surface area (Å²) in [5.74, 6) is -2.66. The van der Waals surface area contributed by atoms with Crippen molar-refractivity contribution in [2.45, 2.75) is 111 Å². The van der Waals surface area contributed by atoms with Gasteiger partial charge in [0.05, 0.1) is 6.10 Å². The maximum Gasteiger partial charge on any atom is 0.246 e. The van der Waals surface area contributed by atoms with E-state index in [4.69, 9.17) is 0 Å². The first kappa shape index (κ1) is 40.1. The Balaban J connectivity index is 6.62. The van der Waals surface area contributed by atoms with Crippen LogP contribution in [-0.4, -0.2) is 120 Å². The van der Waals surface area contributed by atoms with Crippen molar-refractivity contribution >= 4 is 29.5 Å². The van der Waals surface area contributed by atoms with Crippen LogP contribution in [0.3, 0.4) is 0 Å². The van der Waals surface area contributed by atoms with E-state index in [2.05, 4.69) is 5.32 Å². The molecule has 11 heteroatoms. The molecule has 0 radical (unpaired) electrons. The first-order valence-electron chi connectivity index (χ1n) is 15.5. The van der Waals surface area contributed by atoms with E-state index in [9.17, 15) is 29.1 Å². The normalized spacial score (nSPS) is 15.8. The molecule has 248 valence electrons. The minimum Gasteiger partial charge on any atom is -0.390 e. The summed E-state index contributed by atoms with van der Waals surface area (Å²) >= 11 is 0. The van der Waals surface area contributed by atoms with E-state index >= 15 is 0 Å². The minimum absolute atomic E-state index is 0.114. The van der Waals surface area contributed by atoms with Crippen molar-refractivity contribution in [2.75, 3.05) is 35.2 Å². The van der Waals surface area contributed by atoms with Crippen LogP contribution in [0.25, 0.3) is 0 Å². The molecule has 0 heterocycles. The number of carbonyl (C=O) groups excluding carboxylic acids is 5. The van der Waals surface area contributed by atoms with Gasteiger partial charge in [0, 0.05) is 41.7 Å². The summed E-state index contributed by atoms with van der Waals surface area (Å²) in [7, 11) is 7.77. The summed E-state index contributed by atoms with van der Waals surface area (Å²) in [5, 5.41) is 14.2. The van der Waals surface area contributed by atoms with Crippen molar-refractivity contribution < 1.29 is 29.1 Å². The lowest BCUT2D eigenvalue weighted by atomic mass is 9.91. The largest absolute Gasteiger partial charge is 0.390 e. The molecule has 1 unspecified atom stereocenters. The maximum absolute atomic E-state index is 14.2. The van der Waals surface area contributed by atoms with E-state index in [1.54, 1.807) is 49.0 Å². The van der Waals surface area contributed by atoms with E-state index in [1.165, 1.54) is 26.6 Å². The molecule has 0 aromatic heterocycles. The van der Waals surface area contributed by atoms with Gasteiger partial charge in [0.15, 0.2) is 0 Å². The fourth-order valence-electron chi connectivity index (χ4n) is 5.18. The predicted octanol–water partition coefficient (Wildman–Crippen LogP) is 2.53. The van der Waals surface area contributed by atoms with Gasteiger partial charge in [-0.15, -0.1) is 0 Å². The van der Waals surface area contributed by atoms with Crippen LogP contribution in [0.5, 0.6) is 0 Å². The molecule has 6 atom stereocenters. The van der Waals surface area contributed by atoms with Gasteiger partial charge in [-0.2, -0.15) is 0 Å². The average molecular weight is 610 g/mol. The second kappa shape index (κ2) is 18.7. The monoisotopic (exact) mass is 609 g/mol. The maximum atomic E-state index is 14.2. The molecule has 11 nitrogen and oxygen atoms in total. The second-order valence-electron chi connectivity index (χ2n) is 12.5. The zero-order valence-corrected chi connectivity index (χ0v) is 28.9. The summed E-state index contributed by atoms with van der Waals surface area (Å²) < 4.78 is 0. The highest BCUT2D eigenvalue weighted by Gasteiger charge is 2.43. The third kappa shape index (κ3) is 11.2. The number of likely N-dealkylation sites (N-methyl/N-ethyl adjacent to an activating group) is 4. The summed E-state index contributed by atoms with van der Waals surface area (Å²) in [6.07, 6.45) is 3.92. The number of hydrogen-bond donors (Lipinski definition) is 2. The summed E-state index contributed by atoms with van der Waals surface area (Å²) in [5.41, 5.74) is 0. The first-order chi connectivity index (χ1) is 19.9. The van der Waals surface area contributed by atoms with Crippen molar-refractivity contribution in [1.82, 2.24) is 24.9 Å². The highest BCUT2D eigenvalue weighted by molar-refractivity contribution is 5.95. The SMILES string of the molecule is C/C=C/C[C@@H](C)[C@@H](O)[C@@H](C(=O)NC(CC)C(=O)N(C)C)N(C)C(=O)[C@H](C(C)C)N(C)C(=O)[C@H](CC(C)C)N(C)C(=O)CC. The average Bonchev–Trinajstić information content (AvgIpc) is 2.95. The molecule has 43 heavy (non-hydrogen) atoms. The Morgan fingerprint density at radius 3 is 1.74 bits per heavy atom. The van der Waals surface area contributed by atoms with Gasteiger partial charge in [-0.25, -0.2) is 0 Å². The standard InChI is InChI=1S/C32H59N5O6/c1-14-17-18-22(8)28(39)27(29(40)33-23(15-2)30(41)34(9)10)37(13)32(43)26(21(6)7)36(12)31(42)24(19-20(4)5)35(11)25(38)16-3/h14,17,20-24,26-28,39H,15-16,18-19H2,1-13H3,(H,33,40)/b17-14+/t22-,23?,24+,26+,27+,28-/m1/s1. The Labute approximate surface area is 260 Å². The Morgan fingerprint density at radius 2 is 1.33 bits per heavy atom. The fraction of sp³-hybridized carbons (Fsp3) is 0.781. The lowest BCUT2D eigenvalue weighted by Crippen LogP contribution is -2.63. The number of nitrogens with zero attached hydrogens (tertiary/aromatic N) is 4. The zero-order chi connectivity index (χ0) is 33.8. The van der Waals surface area contributed by atoms with E-state index < -0.39 is 48.0 Å². The number of nitrogens with one attached hydrogen (secondary N) is 1. The summed E-state index contributed by atoms with van der Waals surface area (Å²) in [6.45, 7) is 14.7. The van der Waals surface area contributed by atoms with E-state index in [0.717, 1.165) is 0 Å².